The molecule has 1 atom stereocenters. The highest BCUT2D eigenvalue weighted by atomic mass is 32.2. The van der Waals surface area contributed by atoms with Crippen LogP contribution >= 0.6 is 0 Å². The van der Waals surface area contributed by atoms with E-state index < -0.39 is 18.2 Å². The molecule has 0 bridgehead atoms. The van der Waals surface area contributed by atoms with Crippen LogP contribution in [0.2, 0.25) is 25.7 Å². The number of rotatable bonds is 9. The number of likely N-dealkylation sites (tertiary alicyclic amines) is 1. The van der Waals surface area contributed by atoms with Gasteiger partial charge in [0.05, 0.1) is 17.5 Å². The first kappa shape index (κ1) is 21.1. The standard InChI is InChI=1S/C18H29NO5SSi/c1-15-5-8-17(9-6-15)25(21,22)24-13-16-7-10-18(20)19(16)14-23-11-12-26(2,3)4/h5-6,8-9,16H,7,10-14H2,1-4H3. The van der Waals surface area contributed by atoms with E-state index in [0.29, 0.717) is 19.4 Å². The summed E-state index contributed by atoms with van der Waals surface area (Å²) in [6.07, 6.45) is 0.982. The number of amides is 1. The highest BCUT2D eigenvalue weighted by Crippen LogP contribution is 2.21. The summed E-state index contributed by atoms with van der Waals surface area (Å²) in [5.41, 5.74) is 0.979. The van der Waals surface area contributed by atoms with Gasteiger partial charge in [-0.3, -0.25) is 8.98 Å². The Kier molecular flexibility index (Phi) is 7.01. The summed E-state index contributed by atoms with van der Waals surface area (Å²) in [5, 5.41) is 0. The van der Waals surface area contributed by atoms with E-state index in [1.807, 2.05) is 6.92 Å². The van der Waals surface area contributed by atoms with Crippen molar-refractivity contribution in [2.75, 3.05) is 19.9 Å². The second-order valence-electron chi connectivity index (χ2n) is 7.96. The molecule has 0 aromatic heterocycles. The molecule has 1 aliphatic rings. The highest BCUT2D eigenvalue weighted by molar-refractivity contribution is 7.86. The molecule has 146 valence electrons. The van der Waals surface area contributed by atoms with Crippen LogP contribution in [0.1, 0.15) is 18.4 Å². The van der Waals surface area contributed by atoms with Gasteiger partial charge in [-0.15, -0.1) is 0 Å². The monoisotopic (exact) mass is 399 g/mol. The van der Waals surface area contributed by atoms with E-state index in [0.717, 1.165) is 11.6 Å². The van der Waals surface area contributed by atoms with Crippen molar-refractivity contribution >= 4 is 24.1 Å². The lowest BCUT2D eigenvalue weighted by Crippen LogP contribution is -2.38. The van der Waals surface area contributed by atoms with Gasteiger partial charge in [-0.25, -0.2) is 0 Å². The summed E-state index contributed by atoms with van der Waals surface area (Å²) < 4.78 is 35.5. The van der Waals surface area contributed by atoms with Gasteiger partial charge in [0.2, 0.25) is 5.91 Å². The molecule has 0 saturated carbocycles. The SMILES string of the molecule is Cc1ccc(S(=O)(=O)OCC2CCC(=O)N2COCC[Si](C)(C)C)cc1. The quantitative estimate of drug-likeness (QED) is 0.363. The van der Waals surface area contributed by atoms with E-state index >= 15 is 0 Å². The summed E-state index contributed by atoms with van der Waals surface area (Å²) in [6.45, 7) is 9.47. The normalized spacial score (nSPS) is 18.5. The van der Waals surface area contributed by atoms with Gasteiger partial charge in [0.15, 0.2) is 0 Å². The predicted octanol–water partition coefficient (Wildman–Crippen LogP) is 3.00. The molecule has 1 heterocycles. The van der Waals surface area contributed by atoms with Crippen LogP contribution in [0.4, 0.5) is 0 Å². The minimum Gasteiger partial charge on any atom is -0.361 e. The van der Waals surface area contributed by atoms with Gasteiger partial charge < -0.3 is 9.64 Å². The summed E-state index contributed by atoms with van der Waals surface area (Å²) in [5.74, 6) is -0.0145. The molecule has 1 aromatic carbocycles. The van der Waals surface area contributed by atoms with Gasteiger partial charge in [-0.2, -0.15) is 8.42 Å². The molecule has 0 radical (unpaired) electrons. The Labute approximate surface area is 157 Å². The van der Waals surface area contributed by atoms with Crippen molar-refractivity contribution in [3.05, 3.63) is 29.8 Å². The zero-order chi connectivity index (χ0) is 19.4. The number of aryl methyl sites for hydroxylation is 1. The fourth-order valence-electron chi connectivity index (χ4n) is 2.63. The molecule has 1 aliphatic heterocycles. The highest BCUT2D eigenvalue weighted by Gasteiger charge is 2.32. The summed E-state index contributed by atoms with van der Waals surface area (Å²) in [4.78, 5) is 13.8. The van der Waals surface area contributed by atoms with E-state index in [4.69, 9.17) is 8.92 Å². The van der Waals surface area contributed by atoms with Crippen molar-refractivity contribution in [1.29, 1.82) is 0 Å². The number of benzene rings is 1. The first-order valence-electron chi connectivity index (χ1n) is 8.92. The molecule has 26 heavy (non-hydrogen) atoms. The number of ether oxygens (including phenoxy) is 1. The second kappa shape index (κ2) is 8.64. The summed E-state index contributed by atoms with van der Waals surface area (Å²) in [7, 11) is -5.01. The van der Waals surface area contributed by atoms with Crippen LogP contribution in [-0.2, 0) is 23.8 Å². The molecule has 0 N–H and O–H groups in total. The molecule has 6 nitrogen and oxygen atoms in total. The first-order valence-corrected chi connectivity index (χ1v) is 14.0. The van der Waals surface area contributed by atoms with Gasteiger partial charge >= 0.3 is 0 Å². The predicted molar refractivity (Wildman–Crippen MR) is 103 cm³/mol. The maximum Gasteiger partial charge on any atom is 0.297 e. The number of hydrogen-bond acceptors (Lipinski definition) is 5. The lowest BCUT2D eigenvalue weighted by Gasteiger charge is -2.25. The van der Waals surface area contributed by atoms with Gasteiger partial charge in [0, 0.05) is 21.1 Å². The Hall–Kier alpha value is -1.22. The Morgan fingerprint density at radius 3 is 2.46 bits per heavy atom. The van der Waals surface area contributed by atoms with Gasteiger partial charge in [-0.1, -0.05) is 37.3 Å². The van der Waals surface area contributed by atoms with Crippen LogP contribution in [0.25, 0.3) is 0 Å². The van der Waals surface area contributed by atoms with Crippen LogP contribution < -0.4 is 0 Å². The Morgan fingerprint density at radius 2 is 1.85 bits per heavy atom. The molecule has 1 saturated heterocycles. The minimum atomic E-state index is -3.82. The lowest BCUT2D eigenvalue weighted by molar-refractivity contribution is -0.134. The van der Waals surface area contributed by atoms with Gasteiger partial charge in [-0.05, 0) is 31.5 Å². The van der Waals surface area contributed by atoms with E-state index in [1.165, 1.54) is 12.1 Å². The zero-order valence-corrected chi connectivity index (χ0v) is 17.8. The third-order valence-electron chi connectivity index (χ3n) is 4.40. The van der Waals surface area contributed by atoms with Crippen molar-refractivity contribution in [2.45, 2.75) is 56.4 Å². The molecule has 2 rings (SSSR count). The van der Waals surface area contributed by atoms with Gasteiger partial charge in [0.25, 0.3) is 10.1 Å². The first-order chi connectivity index (χ1) is 12.1. The van der Waals surface area contributed by atoms with Gasteiger partial charge in [0.1, 0.15) is 6.73 Å². The Balaban J connectivity index is 1.88. The zero-order valence-electron chi connectivity index (χ0n) is 16.0. The smallest absolute Gasteiger partial charge is 0.297 e. The summed E-state index contributed by atoms with van der Waals surface area (Å²) in [6, 6.07) is 7.28. The fraction of sp³-hybridized carbons (Fsp3) is 0.611. The molecule has 1 fully saturated rings. The van der Waals surface area contributed by atoms with Crippen molar-refractivity contribution in [3.8, 4) is 0 Å². The molecular weight excluding hydrogens is 370 g/mol. The fourth-order valence-corrected chi connectivity index (χ4v) is 4.32. The number of carbonyl (C=O) groups is 1. The summed E-state index contributed by atoms with van der Waals surface area (Å²) >= 11 is 0. The molecule has 1 aromatic rings. The maximum absolute atomic E-state index is 12.3. The van der Waals surface area contributed by atoms with Crippen LogP contribution in [0.5, 0.6) is 0 Å². The van der Waals surface area contributed by atoms with Crippen LogP contribution in [0, 0.1) is 6.92 Å². The van der Waals surface area contributed by atoms with Crippen LogP contribution in [0.15, 0.2) is 29.2 Å². The molecule has 1 amide bonds. The third-order valence-corrected chi connectivity index (χ3v) is 7.40. The van der Waals surface area contributed by atoms with E-state index in [1.54, 1.807) is 17.0 Å². The average Bonchev–Trinajstić information content (AvgIpc) is 2.89. The van der Waals surface area contributed by atoms with E-state index in [9.17, 15) is 13.2 Å². The van der Waals surface area contributed by atoms with Crippen LogP contribution in [-0.4, -0.2) is 53.3 Å². The average molecular weight is 400 g/mol. The topological polar surface area (TPSA) is 72.9 Å². The Bertz CT molecular complexity index is 712. The molecular formula is C18H29NO5SSi. The van der Waals surface area contributed by atoms with Crippen molar-refractivity contribution < 1.29 is 22.1 Å². The van der Waals surface area contributed by atoms with Crippen molar-refractivity contribution in [2.24, 2.45) is 0 Å². The minimum absolute atomic E-state index is 0.0145. The third kappa shape index (κ3) is 6.19. The van der Waals surface area contributed by atoms with Crippen LogP contribution in [0.3, 0.4) is 0 Å². The largest absolute Gasteiger partial charge is 0.361 e. The number of carbonyl (C=O) groups excluding carboxylic acids is 1. The van der Waals surface area contributed by atoms with Crippen molar-refractivity contribution in [1.82, 2.24) is 4.90 Å². The Morgan fingerprint density at radius 1 is 1.19 bits per heavy atom. The van der Waals surface area contributed by atoms with E-state index in [-0.39, 0.29) is 30.2 Å². The number of hydrogen-bond donors (Lipinski definition) is 0. The lowest BCUT2D eigenvalue weighted by atomic mass is 10.2. The van der Waals surface area contributed by atoms with Crippen molar-refractivity contribution in [3.63, 3.8) is 0 Å². The molecule has 0 aliphatic carbocycles. The second-order valence-corrected chi connectivity index (χ2v) is 15.2. The molecule has 0 spiro atoms. The molecule has 8 heteroatoms. The maximum atomic E-state index is 12.3. The molecule has 1 unspecified atom stereocenters. The van der Waals surface area contributed by atoms with E-state index in [2.05, 4.69) is 19.6 Å². The number of nitrogens with zero attached hydrogens (tertiary/aromatic N) is 1.